The number of ether oxygens (including phenoxy) is 1. The molecule has 0 saturated heterocycles. The van der Waals surface area contributed by atoms with Gasteiger partial charge in [0.15, 0.2) is 6.61 Å². The lowest BCUT2D eigenvalue weighted by atomic mass is 10.7. The van der Waals surface area contributed by atoms with Gasteiger partial charge in [0.2, 0.25) is 5.82 Å². The molecule has 6 nitrogen and oxygen atoms in total. The second-order valence-corrected chi connectivity index (χ2v) is 1.60. The van der Waals surface area contributed by atoms with Crippen LogP contribution in [0.5, 0.6) is 0 Å². The first-order chi connectivity index (χ1) is 4.83. The van der Waals surface area contributed by atoms with Crippen LogP contribution < -0.4 is 0 Å². The van der Waals surface area contributed by atoms with Crippen LogP contribution in [0.3, 0.4) is 0 Å². The minimum absolute atomic E-state index is 0.0807. The zero-order valence-corrected chi connectivity index (χ0v) is 5.39. The summed E-state index contributed by atoms with van der Waals surface area (Å²) in [6.07, 6.45) is 0. The molecular formula is C4H6N4O2. The molecule has 1 aromatic rings. The zero-order chi connectivity index (χ0) is 7.40. The van der Waals surface area contributed by atoms with Crippen molar-refractivity contribution in [3.63, 3.8) is 0 Å². The third-order valence-electron chi connectivity index (χ3n) is 0.830. The van der Waals surface area contributed by atoms with Gasteiger partial charge in [-0.15, -0.1) is 10.2 Å². The van der Waals surface area contributed by atoms with Gasteiger partial charge in [-0.3, -0.25) is 4.79 Å². The van der Waals surface area contributed by atoms with Crippen LogP contribution in [0.4, 0.5) is 0 Å². The van der Waals surface area contributed by atoms with Crippen molar-refractivity contribution in [2.75, 3.05) is 0 Å². The molecule has 0 fully saturated rings. The van der Waals surface area contributed by atoms with Crippen LogP contribution in [-0.2, 0) is 23.2 Å². The number of carbonyl (C=O) groups is 1. The average Bonchev–Trinajstić information content (AvgIpc) is 2.31. The molecule has 0 amide bonds. The van der Waals surface area contributed by atoms with Crippen LogP contribution in [-0.4, -0.2) is 26.7 Å². The van der Waals surface area contributed by atoms with Gasteiger partial charge in [-0.1, -0.05) is 0 Å². The van der Waals surface area contributed by atoms with E-state index in [4.69, 9.17) is 0 Å². The summed E-state index contributed by atoms with van der Waals surface area (Å²) < 4.78 is 4.37. The summed E-state index contributed by atoms with van der Waals surface area (Å²) in [5, 5.41) is 10.9. The molecule has 0 atom stereocenters. The van der Waals surface area contributed by atoms with Crippen molar-refractivity contribution in [3.05, 3.63) is 5.82 Å². The molecule has 0 aromatic carbocycles. The van der Waals surface area contributed by atoms with Gasteiger partial charge in [-0.05, 0) is 5.21 Å². The van der Waals surface area contributed by atoms with E-state index in [9.17, 15) is 4.79 Å². The van der Waals surface area contributed by atoms with Crippen molar-refractivity contribution in [3.8, 4) is 0 Å². The van der Waals surface area contributed by atoms with E-state index < -0.39 is 0 Å². The molecule has 1 heterocycles. The molecule has 0 aliphatic carbocycles. The predicted molar refractivity (Wildman–Crippen MR) is 29.7 cm³/mol. The van der Waals surface area contributed by atoms with Crippen molar-refractivity contribution < 1.29 is 9.53 Å². The topological polar surface area (TPSA) is 69.9 Å². The highest BCUT2D eigenvalue weighted by molar-refractivity contribution is 5.36. The van der Waals surface area contributed by atoms with Crippen LogP contribution in [0.2, 0.25) is 0 Å². The van der Waals surface area contributed by atoms with Crippen LogP contribution in [0, 0.1) is 0 Å². The summed E-state index contributed by atoms with van der Waals surface area (Å²) >= 11 is 0. The van der Waals surface area contributed by atoms with Crippen LogP contribution in [0.25, 0.3) is 0 Å². The number of hydrogen-bond acceptors (Lipinski definition) is 5. The molecule has 0 aliphatic heterocycles. The summed E-state index contributed by atoms with van der Waals surface area (Å²) in [7, 11) is 1.64. The molecule has 1 aromatic heterocycles. The van der Waals surface area contributed by atoms with Crippen molar-refractivity contribution in [2.45, 2.75) is 6.61 Å². The van der Waals surface area contributed by atoms with Gasteiger partial charge in [0.1, 0.15) is 0 Å². The Balaban J connectivity index is 2.49. The van der Waals surface area contributed by atoms with E-state index in [1.54, 1.807) is 7.05 Å². The lowest BCUT2D eigenvalue weighted by Gasteiger charge is -1.87. The Morgan fingerprint density at radius 3 is 3.10 bits per heavy atom. The Kier molecular flexibility index (Phi) is 1.93. The third kappa shape index (κ3) is 1.51. The van der Waals surface area contributed by atoms with Gasteiger partial charge < -0.3 is 4.74 Å². The lowest BCUT2D eigenvalue weighted by Crippen LogP contribution is -1.95. The first-order valence-corrected chi connectivity index (χ1v) is 2.61. The minimum atomic E-state index is 0.0807. The Morgan fingerprint density at radius 1 is 1.80 bits per heavy atom. The van der Waals surface area contributed by atoms with Crippen LogP contribution >= 0.6 is 0 Å². The summed E-state index contributed by atoms with van der Waals surface area (Å²) in [6.45, 7) is 0.424. The molecule has 0 radical (unpaired) electrons. The standard InChI is InChI=1S/C4H6N4O2/c1-8-6-4(5-7-8)2-10-3-9/h3H,2H2,1H3. The van der Waals surface area contributed by atoms with Gasteiger partial charge in [0, 0.05) is 0 Å². The highest BCUT2D eigenvalue weighted by atomic mass is 16.5. The number of aryl methyl sites for hydroxylation is 1. The molecule has 0 bridgehead atoms. The number of rotatable bonds is 3. The van der Waals surface area contributed by atoms with Gasteiger partial charge in [0.25, 0.3) is 6.47 Å². The molecular weight excluding hydrogens is 136 g/mol. The van der Waals surface area contributed by atoms with Gasteiger partial charge in [-0.25, -0.2) is 0 Å². The van der Waals surface area contributed by atoms with Crippen LogP contribution in [0.1, 0.15) is 5.82 Å². The molecule has 0 N–H and O–H groups in total. The smallest absolute Gasteiger partial charge is 0.293 e. The maximum Gasteiger partial charge on any atom is 0.293 e. The minimum Gasteiger partial charge on any atom is -0.460 e. The largest absolute Gasteiger partial charge is 0.460 e. The normalized spacial score (nSPS) is 9.30. The van der Waals surface area contributed by atoms with Gasteiger partial charge >= 0.3 is 0 Å². The van der Waals surface area contributed by atoms with E-state index in [1.165, 1.54) is 4.80 Å². The Labute approximate surface area is 56.8 Å². The molecule has 54 valence electrons. The molecule has 0 unspecified atom stereocenters. The average molecular weight is 142 g/mol. The SMILES string of the molecule is Cn1nnc(COC=O)n1. The van der Waals surface area contributed by atoms with Crippen molar-refractivity contribution in [1.82, 2.24) is 20.2 Å². The monoisotopic (exact) mass is 142 g/mol. The second-order valence-electron chi connectivity index (χ2n) is 1.60. The van der Waals surface area contributed by atoms with E-state index in [0.29, 0.717) is 12.3 Å². The zero-order valence-electron chi connectivity index (χ0n) is 5.39. The Morgan fingerprint density at radius 2 is 2.60 bits per heavy atom. The predicted octanol–water partition coefficient (Wildman–Crippen LogP) is -1.12. The fourth-order valence-corrected chi connectivity index (χ4v) is 0.490. The Hall–Kier alpha value is -1.46. The summed E-state index contributed by atoms with van der Waals surface area (Å²) in [5.74, 6) is 0.398. The molecule has 0 saturated carbocycles. The maximum absolute atomic E-state index is 9.68. The molecule has 1 rings (SSSR count). The number of hydrogen-bond donors (Lipinski definition) is 0. The third-order valence-corrected chi connectivity index (χ3v) is 0.830. The maximum atomic E-state index is 9.68. The van der Waals surface area contributed by atoms with E-state index in [1.807, 2.05) is 0 Å². The Bertz CT molecular complexity index is 221. The number of aromatic nitrogens is 4. The van der Waals surface area contributed by atoms with E-state index >= 15 is 0 Å². The van der Waals surface area contributed by atoms with Crippen molar-refractivity contribution >= 4 is 6.47 Å². The van der Waals surface area contributed by atoms with Crippen LogP contribution in [0.15, 0.2) is 0 Å². The second kappa shape index (κ2) is 2.90. The molecule has 0 spiro atoms. The molecule has 6 heteroatoms. The van der Waals surface area contributed by atoms with Crippen molar-refractivity contribution in [1.29, 1.82) is 0 Å². The molecule has 0 aliphatic rings. The van der Waals surface area contributed by atoms with Crippen molar-refractivity contribution in [2.24, 2.45) is 7.05 Å². The lowest BCUT2D eigenvalue weighted by molar-refractivity contribution is -0.130. The fraction of sp³-hybridized carbons (Fsp3) is 0.500. The fourth-order valence-electron chi connectivity index (χ4n) is 0.490. The molecule has 10 heavy (non-hydrogen) atoms. The van der Waals surface area contributed by atoms with E-state index in [-0.39, 0.29) is 6.61 Å². The highest BCUT2D eigenvalue weighted by Crippen LogP contribution is 1.85. The highest BCUT2D eigenvalue weighted by Gasteiger charge is 1.97. The van der Waals surface area contributed by atoms with E-state index in [2.05, 4.69) is 20.1 Å². The number of tetrazole rings is 1. The summed E-state index contributed by atoms with van der Waals surface area (Å²) in [5.41, 5.74) is 0. The summed E-state index contributed by atoms with van der Waals surface area (Å²) in [6, 6.07) is 0. The quantitative estimate of drug-likeness (QED) is 0.500. The first kappa shape index (κ1) is 6.66. The first-order valence-electron chi connectivity index (χ1n) is 2.61. The summed E-state index contributed by atoms with van der Waals surface area (Å²) in [4.78, 5) is 11.0. The van der Waals surface area contributed by atoms with Gasteiger partial charge in [-0.2, -0.15) is 4.80 Å². The number of nitrogens with zero attached hydrogens (tertiary/aromatic N) is 4. The van der Waals surface area contributed by atoms with E-state index in [0.717, 1.165) is 0 Å². The number of carbonyl (C=O) groups excluding carboxylic acids is 1. The van der Waals surface area contributed by atoms with Gasteiger partial charge in [0.05, 0.1) is 7.05 Å².